The fraction of sp³-hybridized carbons (Fsp3) is 0.500. The molecule has 2 heterocycles. The van der Waals surface area contributed by atoms with Crippen LogP contribution in [-0.2, 0) is 19.4 Å². The number of nitrogens with one attached hydrogen (secondary N) is 1. The molecule has 0 aliphatic carbocycles. The van der Waals surface area contributed by atoms with E-state index in [1.54, 1.807) is 0 Å². The van der Waals surface area contributed by atoms with Gasteiger partial charge in [0.1, 0.15) is 5.01 Å². The molecule has 0 radical (unpaired) electrons. The Bertz CT molecular complexity index is 487. The Labute approximate surface area is 117 Å². The quantitative estimate of drug-likeness (QED) is 0.858. The van der Waals surface area contributed by atoms with Gasteiger partial charge in [0.05, 0.1) is 6.04 Å². The van der Waals surface area contributed by atoms with Crippen LogP contribution >= 0.6 is 22.7 Å². The molecule has 2 aromatic rings. The minimum atomic E-state index is 0.336. The molecule has 0 saturated carbocycles. The Morgan fingerprint density at radius 1 is 1.11 bits per heavy atom. The molecule has 1 N–H and O–H groups in total. The molecule has 2 nitrogen and oxygen atoms in total. The van der Waals surface area contributed by atoms with Gasteiger partial charge in [-0.3, -0.25) is 0 Å². The lowest BCUT2D eigenvalue weighted by Gasteiger charge is -2.09. The van der Waals surface area contributed by atoms with Crippen molar-refractivity contribution >= 4 is 22.7 Å². The highest BCUT2D eigenvalue weighted by Crippen LogP contribution is 2.22. The maximum atomic E-state index is 4.48. The molecular formula is C14H20N2S2. The van der Waals surface area contributed by atoms with E-state index in [-0.39, 0.29) is 0 Å². The molecule has 2 rings (SSSR count). The second kappa shape index (κ2) is 6.45. The van der Waals surface area contributed by atoms with Crippen LogP contribution in [0.15, 0.2) is 18.3 Å². The Balaban J connectivity index is 1.89. The van der Waals surface area contributed by atoms with Gasteiger partial charge in [-0.2, -0.15) is 0 Å². The maximum absolute atomic E-state index is 4.48. The van der Waals surface area contributed by atoms with Gasteiger partial charge in [-0.05, 0) is 31.9 Å². The largest absolute Gasteiger partial charge is 0.303 e. The highest BCUT2D eigenvalue weighted by Gasteiger charge is 2.10. The highest BCUT2D eigenvalue weighted by atomic mass is 32.1. The molecular weight excluding hydrogens is 260 g/mol. The molecule has 0 spiro atoms. The zero-order valence-electron chi connectivity index (χ0n) is 11.2. The molecule has 0 fully saturated rings. The van der Waals surface area contributed by atoms with Gasteiger partial charge in [-0.1, -0.05) is 13.8 Å². The second-order valence-electron chi connectivity index (χ2n) is 4.34. The fourth-order valence-electron chi connectivity index (χ4n) is 1.73. The van der Waals surface area contributed by atoms with Crippen LogP contribution in [0.3, 0.4) is 0 Å². The summed E-state index contributed by atoms with van der Waals surface area (Å²) in [5.74, 6) is 0. The van der Waals surface area contributed by atoms with E-state index in [1.165, 1.54) is 19.6 Å². The van der Waals surface area contributed by atoms with E-state index in [9.17, 15) is 0 Å². The van der Waals surface area contributed by atoms with Crippen LogP contribution in [0.4, 0.5) is 0 Å². The van der Waals surface area contributed by atoms with Gasteiger partial charge in [0, 0.05) is 27.4 Å². The predicted octanol–water partition coefficient (Wildman–Crippen LogP) is 4.18. The third-order valence-corrected chi connectivity index (χ3v) is 5.49. The third-order valence-electron chi connectivity index (χ3n) is 2.94. The average Bonchev–Trinajstić information content (AvgIpc) is 3.04. The molecule has 4 heteroatoms. The first kappa shape index (κ1) is 13.7. The first-order chi connectivity index (χ1) is 8.72. The molecule has 0 amide bonds. The van der Waals surface area contributed by atoms with Crippen molar-refractivity contribution in [2.24, 2.45) is 0 Å². The summed E-state index contributed by atoms with van der Waals surface area (Å²) in [6.07, 6.45) is 4.21. The molecule has 0 bridgehead atoms. The normalized spacial score (nSPS) is 12.8. The Hall–Kier alpha value is -0.710. The summed E-state index contributed by atoms with van der Waals surface area (Å²) < 4.78 is 0. The van der Waals surface area contributed by atoms with Crippen LogP contribution in [0, 0.1) is 0 Å². The monoisotopic (exact) mass is 280 g/mol. The second-order valence-corrected chi connectivity index (χ2v) is 6.74. The number of rotatable bonds is 6. The van der Waals surface area contributed by atoms with Gasteiger partial charge in [0.25, 0.3) is 0 Å². The lowest BCUT2D eigenvalue weighted by atomic mass is 10.3. The molecule has 1 unspecified atom stereocenters. The number of hydrogen-bond donors (Lipinski definition) is 1. The number of aromatic nitrogens is 1. The lowest BCUT2D eigenvalue weighted by Crippen LogP contribution is -2.17. The van der Waals surface area contributed by atoms with Crippen molar-refractivity contribution in [3.8, 4) is 0 Å². The minimum absolute atomic E-state index is 0.336. The summed E-state index contributed by atoms with van der Waals surface area (Å²) in [5, 5.41) is 4.74. The molecule has 0 aliphatic rings. The van der Waals surface area contributed by atoms with Crippen molar-refractivity contribution in [1.29, 1.82) is 0 Å². The highest BCUT2D eigenvalue weighted by molar-refractivity contribution is 7.12. The zero-order chi connectivity index (χ0) is 13.0. The molecule has 2 aromatic heterocycles. The van der Waals surface area contributed by atoms with Gasteiger partial charge in [-0.25, -0.2) is 4.98 Å². The van der Waals surface area contributed by atoms with E-state index in [2.05, 4.69) is 43.2 Å². The molecule has 18 heavy (non-hydrogen) atoms. The predicted molar refractivity (Wildman–Crippen MR) is 80.4 cm³/mol. The van der Waals surface area contributed by atoms with E-state index >= 15 is 0 Å². The van der Waals surface area contributed by atoms with Crippen LogP contribution in [-0.4, -0.2) is 4.98 Å². The number of nitrogens with zero attached hydrogens (tertiary/aromatic N) is 1. The molecule has 98 valence electrons. The Morgan fingerprint density at radius 3 is 2.44 bits per heavy atom. The fourth-order valence-corrected chi connectivity index (χ4v) is 3.53. The van der Waals surface area contributed by atoms with Gasteiger partial charge in [0.15, 0.2) is 0 Å². The topological polar surface area (TPSA) is 24.9 Å². The van der Waals surface area contributed by atoms with Crippen LogP contribution in [0.2, 0.25) is 0 Å². The number of hydrogen-bond acceptors (Lipinski definition) is 4. The van der Waals surface area contributed by atoms with Crippen molar-refractivity contribution in [3.05, 3.63) is 38.0 Å². The third kappa shape index (κ3) is 3.40. The van der Waals surface area contributed by atoms with Gasteiger partial charge in [-0.15, -0.1) is 22.7 Å². The molecule has 1 atom stereocenters. The van der Waals surface area contributed by atoms with Crippen molar-refractivity contribution in [2.45, 2.75) is 46.2 Å². The van der Waals surface area contributed by atoms with Gasteiger partial charge >= 0.3 is 0 Å². The van der Waals surface area contributed by atoms with E-state index < -0.39 is 0 Å². The van der Waals surface area contributed by atoms with E-state index in [4.69, 9.17) is 0 Å². The summed E-state index contributed by atoms with van der Waals surface area (Å²) in [4.78, 5) is 8.71. The van der Waals surface area contributed by atoms with Gasteiger partial charge in [0.2, 0.25) is 0 Å². The minimum Gasteiger partial charge on any atom is -0.303 e. The zero-order valence-corrected chi connectivity index (χ0v) is 12.8. The SMILES string of the molecule is CCc1ccc(CNC(C)c2ncc(CC)s2)s1. The van der Waals surface area contributed by atoms with Crippen LogP contribution in [0.1, 0.15) is 46.5 Å². The summed E-state index contributed by atoms with van der Waals surface area (Å²) in [5.41, 5.74) is 0. The first-order valence-corrected chi connectivity index (χ1v) is 8.11. The van der Waals surface area contributed by atoms with E-state index in [0.29, 0.717) is 6.04 Å². The van der Waals surface area contributed by atoms with Crippen LogP contribution in [0.25, 0.3) is 0 Å². The van der Waals surface area contributed by atoms with E-state index in [1.807, 2.05) is 28.9 Å². The summed E-state index contributed by atoms with van der Waals surface area (Å²) in [6.45, 7) is 7.50. The molecule has 0 aromatic carbocycles. The molecule has 0 saturated heterocycles. The molecule has 0 aliphatic heterocycles. The average molecular weight is 280 g/mol. The summed E-state index contributed by atoms with van der Waals surface area (Å²) in [6, 6.07) is 4.79. The number of thiophene rings is 1. The smallest absolute Gasteiger partial charge is 0.109 e. The van der Waals surface area contributed by atoms with Crippen molar-refractivity contribution < 1.29 is 0 Å². The summed E-state index contributed by atoms with van der Waals surface area (Å²) >= 11 is 3.72. The van der Waals surface area contributed by atoms with Crippen molar-refractivity contribution in [3.63, 3.8) is 0 Å². The number of thiazole rings is 1. The maximum Gasteiger partial charge on any atom is 0.109 e. The van der Waals surface area contributed by atoms with E-state index in [0.717, 1.165) is 19.4 Å². The standard InChI is InChI=1S/C14H20N2S2/c1-4-11-6-7-13(17-11)9-15-10(3)14-16-8-12(5-2)18-14/h6-8,10,15H,4-5,9H2,1-3H3. The Morgan fingerprint density at radius 2 is 1.83 bits per heavy atom. The Kier molecular flexibility index (Phi) is 4.92. The van der Waals surface area contributed by atoms with Gasteiger partial charge < -0.3 is 5.32 Å². The van der Waals surface area contributed by atoms with Crippen LogP contribution < -0.4 is 5.32 Å². The summed E-state index contributed by atoms with van der Waals surface area (Å²) in [7, 11) is 0. The first-order valence-electron chi connectivity index (χ1n) is 6.48. The van der Waals surface area contributed by atoms with Crippen molar-refractivity contribution in [2.75, 3.05) is 0 Å². The lowest BCUT2D eigenvalue weighted by molar-refractivity contribution is 0.576. The van der Waals surface area contributed by atoms with Crippen molar-refractivity contribution in [1.82, 2.24) is 10.3 Å². The van der Waals surface area contributed by atoms with Crippen LogP contribution in [0.5, 0.6) is 0 Å². The number of aryl methyl sites for hydroxylation is 2.